The van der Waals surface area contributed by atoms with E-state index in [0.29, 0.717) is 23.2 Å². The summed E-state index contributed by atoms with van der Waals surface area (Å²) in [5.74, 6) is 1.14. The monoisotopic (exact) mass is 344 g/mol. The number of non-ortho nitro benzene ring substituents is 1. The molecule has 24 heavy (non-hydrogen) atoms. The summed E-state index contributed by atoms with van der Waals surface area (Å²) >= 11 is 5.00. The number of hydrazone groups is 1. The van der Waals surface area contributed by atoms with Gasteiger partial charge in [0.2, 0.25) is 0 Å². The van der Waals surface area contributed by atoms with Gasteiger partial charge in [-0.3, -0.25) is 15.5 Å². The molecule has 0 saturated heterocycles. The molecule has 0 aliphatic rings. The van der Waals surface area contributed by atoms with Crippen LogP contribution in [0.15, 0.2) is 52.5 Å². The zero-order chi connectivity index (χ0) is 17.5. The molecule has 0 spiro atoms. The van der Waals surface area contributed by atoms with E-state index in [0.717, 1.165) is 11.1 Å². The lowest BCUT2D eigenvalue weighted by atomic mass is 10.1. The summed E-state index contributed by atoms with van der Waals surface area (Å²) in [5.41, 5.74) is 4.25. The van der Waals surface area contributed by atoms with Crippen LogP contribution in [0.2, 0.25) is 0 Å². The van der Waals surface area contributed by atoms with Gasteiger partial charge < -0.3 is 9.73 Å². The molecular formula is C16H16N4O3S. The van der Waals surface area contributed by atoms with Gasteiger partial charge in [0.05, 0.1) is 11.1 Å². The van der Waals surface area contributed by atoms with Crippen LogP contribution in [0.3, 0.4) is 0 Å². The zero-order valence-electron chi connectivity index (χ0n) is 13.0. The van der Waals surface area contributed by atoms with Crippen molar-refractivity contribution in [1.82, 2.24) is 10.7 Å². The normalized spacial score (nSPS) is 10.5. The maximum absolute atomic E-state index is 10.8. The minimum absolute atomic E-state index is 0.0503. The Morgan fingerprint density at radius 1 is 1.46 bits per heavy atom. The van der Waals surface area contributed by atoms with E-state index in [1.807, 2.05) is 0 Å². The Labute approximate surface area is 144 Å². The average molecular weight is 344 g/mol. The smallest absolute Gasteiger partial charge is 0.269 e. The van der Waals surface area contributed by atoms with Crippen molar-refractivity contribution in [2.75, 3.05) is 6.54 Å². The molecule has 0 unspecified atom stereocenters. The first-order valence-corrected chi connectivity index (χ1v) is 7.45. The Bertz CT molecular complexity index is 798. The highest BCUT2D eigenvalue weighted by Crippen LogP contribution is 2.28. The molecular weight excluding hydrogens is 328 g/mol. The number of nitrogens with one attached hydrogen (secondary N) is 2. The molecule has 1 aromatic carbocycles. The van der Waals surface area contributed by atoms with Gasteiger partial charge in [-0.25, -0.2) is 0 Å². The van der Waals surface area contributed by atoms with E-state index >= 15 is 0 Å². The van der Waals surface area contributed by atoms with Crippen LogP contribution in [0.4, 0.5) is 5.69 Å². The van der Waals surface area contributed by atoms with E-state index in [2.05, 4.69) is 22.4 Å². The molecule has 0 fully saturated rings. The second kappa shape index (κ2) is 8.02. The maximum atomic E-state index is 10.8. The van der Waals surface area contributed by atoms with Crippen molar-refractivity contribution < 1.29 is 9.34 Å². The number of thiocarbonyl (C=S) groups is 1. The number of aryl methyl sites for hydroxylation is 1. The maximum Gasteiger partial charge on any atom is 0.269 e. The number of hydrogen-bond acceptors (Lipinski definition) is 5. The predicted molar refractivity (Wildman–Crippen MR) is 97.1 cm³/mol. The molecule has 2 rings (SSSR count). The standard InChI is InChI=1S/C16H16N4O3S/c1-3-8-17-16(24)19-18-10-13-5-7-15(23-13)14-6-4-12(20(21)22)9-11(14)2/h3-7,9-10H,1,8H2,2H3,(H2,17,19,24)/b18-10-. The van der Waals surface area contributed by atoms with Crippen LogP contribution in [0.5, 0.6) is 0 Å². The third-order valence-electron chi connectivity index (χ3n) is 3.08. The molecule has 0 aliphatic carbocycles. The van der Waals surface area contributed by atoms with Gasteiger partial charge in [0, 0.05) is 24.2 Å². The molecule has 7 nitrogen and oxygen atoms in total. The summed E-state index contributed by atoms with van der Waals surface area (Å²) in [4.78, 5) is 10.4. The zero-order valence-corrected chi connectivity index (χ0v) is 13.8. The van der Waals surface area contributed by atoms with E-state index in [9.17, 15) is 10.1 Å². The van der Waals surface area contributed by atoms with Gasteiger partial charge in [-0.15, -0.1) is 6.58 Å². The van der Waals surface area contributed by atoms with Gasteiger partial charge in [0.1, 0.15) is 11.5 Å². The average Bonchev–Trinajstić information content (AvgIpc) is 3.01. The van der Waals surface area contributed by atoms with Crippen molar-refractivity contribution in [3.8, 4) is 11.3 Å². The second-order valence-electron chi connectivity index (χ2n) is 4.83. The van der Waals surface area contributed by atoms with Crippen molar-refractivity contribution in [3.05, 3.63) is 64.4 Å². The van der Waals surface area contributed by atoms with Crippen molar-refractivity contribution in [2.24, 2.45) is 5.10 Å². The fourth-order valence-electron chi connectivity index (χ4n) is 1.96. The molecule has 0 atom stereocenters. The molecule has 0 amide bonds. The van der Waals surface area contributed by atoms with Crippen molar-refractivity contribution >= 4 is 29.2 Å². The molecule has 0 bridgehead atoms. The summed E-state index contributed by atoms with van der Waals surface area (Å²) in [7, 11) is 0. The lowest BCUT2D eigenvalue weighted by Crippen LogP contribution is -2.31. The summed E-state index contributed by atoms with van der Waals surface area (Å²) in [6.07, 6.45) is 3.18. The first kappa shape index (κ1) is 17.4. The number of nitro benzene ring substituents is 1. The molecule has 0 radical (unpaired) electrons. The predicted octanol–water partition coefficient (Wildman–Crippen LogP) is 3.15. The minimum Gasteiger partial charge on any atom is -0.455 e. The van der Waals surface area contributed by atoms with Crippen molar-refractivity contribution in [1.29, 1.82) is 0 Å². The summed E-state index contributed by atoms with van der Waals surface area (Å²) in [6, 6.07) is 8.16. The highest BCUT2D eigenvalue weighted by molar-refractivity contribution is 7.80. The number of benzene rings is 1. The van der Waals surface area contributed by atoms with E-state index in [1.54, 1.807) is 31.2 Å². The topological polar surface area (TPSA) is 92.7 Å². The summed E-state index contributed by atoms with van der Waals surface area (Å²) in [5, 5.41) is 18.0. The Morgan fingerprint density at radius 3 is 2.92 bits per heavy atom. The molecule has 2 N–H and O–H groups in total. The van der Waals surface area contributed by atoms with Gasteiger partial charge in [0.25, 0.3) is 5.69 Å². The number of hydrogen-bond donors (Lipinski definition) is 2. The fraction of sp³-hybridized carbons (Fsp3) is 0.125. The fourth-order valence-corrected chi connectivity index (χ4v) is 2.10. The van der Waals surface area contributed by atoms with Gasteiger partial charge in [-0.1, -0.05) is 6.08 Å². The largest absolute Gasteiger partial charge is 0.455 e. The highest BCUT2D eigenvalue weighted by Gasteiger charge is 2.11. The molecule has 1 heterocycles. The van der Waals surface area contributed by atoms with Gasteiger partial charge in [0.15, 0.2) is 5.11 Å². The Balaban J connectivity index is 2.06. The number of nitro groups is 1. The van der Waals surface area contributed by atoms with Crippen LogP contribution in [-0.4, -0.2) is 22.8 Å². The van der Waals surface area contributed by atoms with E-state index in [4.69, 9.17) is 16.6 Å². The Hall–Kier alpha value is -3.00. The van der Waals surface area contributed by atoms with Crippen molar-refractivity contribution in [2.45, 2.75) is 6.92 Å². The van der Waals surface area contributed by atoms with Crippen LogP contribution < -0.4 is 10.7 Å². The van der Waals surface area contributed by atoms with Gasteiger partial charge in [-0.2, -0.15) is 5.10 Å². The quantitative estimate of drug-likeness (QED) is 0.275. The lowest BCUT2D eigenvalue weighted by molar-refractivity contribution is -0.384. The van der Waals surface area contributed by atoms with Gasteiger partial charge >= 0.3 is 0 Å². The first-order chi connectivity index (χ1) is 11.5. The van der Waals surface area contributed by atoms with Crippen LogP contribution in [0, 0.1) is 17.0 Å². The molecule has 124 valence electrons. The van der Waals surface area contributed by atoms with E-state index in [-0.39, 0.29) is 5.69 Å². The third kappa shape index (κ3) is 4.50. The molecule has 2 aromatic rings. The second-order valence-corrected chi connectivity index (χ2v) is 5.24. The van der Waals surface area contributed by atoms with Crippen molar-refractivity contribution in [3.63, 3.8) is 0 Å². The molecule has 0 aliphatic heterocycles. The summed E-state index contributed by atoms with van der Waals surface area (Å²) < 4.78 is 5.67. The molecule has 1 aromatic heterocycles. The third-order valence-corrected chi connectivity index (χ3v) is 3.31. The molecule has 0 saturated carbocycles. The SMILES string of the molecule is C=CCNC(=S)N/N=C\c1ccc(-c2ccc([N+](=O)[O-])cc2C)o1. The Kier molecular flexibility index (Phi) is 5.80. The van der Waals surface area contributed by atoms with E-state index in [1.165, 1.54) is 18.3 Å². The van der Waals surface area contributed by atoms with E-state index < -0.39 is 4.92 Å². The summed E-state index contributed by atoms with van der Waals surface area (Å²) in [6.45, 7) is 5.92. The first-order valence-electron chi connectivity index (χ1n) is 7.04. The highest BCUT2D eigenvalue weighted by atomic mass is 32.1. The lowest BCUT2D eigenvalue weighted by Gasteiger charge is -2.03. The van der Waals surface area contributed by atoms with Crippen LogP contribution in [-0.2, 0) is 0 Å². The number of furan rings is 1. The van der Waals surface area contributed by atoms with Crippen LogP contribution in [0.1, 0.15) is 11.3 Å². The number of nitrogens with zero attached hydrogens (tertiary/aromatic N) is 2. The van der Waals surface area contributed by atoms with Gasteiger partial charge in [-0.05, 0) is 42.9 Å². The Morgan fingerprint density at radius 2 is 2.25 bits per heavy atom. The van der Waals surface area contributed by atoms with Crippen LogP contribution >= 0.6 is 12.2 Å². The number of rotatable bonds is 6. The molecule has 8 heteroatoms. The minimum atomic E-state index is -0.425. The van der Waals surface area contributed by atoms with Crippen LogP contribution in [0.25, 0.3) is 11.3 Å².